The molecule has 0 fully saturated rings. The fraction of sp³-hybridized carbons (Fsp3) is 0.111. The third-order valence-corrected chi connectivity index (χ3v) is 1.77. The van der Waals surface area contributed by atoms with E-state index in [1.165, 1.54) is 0 Å². The summed E-state index contributed by atoms with van der Waals surface area (Å²) in [6, 6.07) is 7.57. The van der Waals surface area contributed by atoms with Gasteiger partial charge in [0.15, 0.2) is 0 Å². The second kappa shape index (κ2) is 4.04. The summed E-state index contributed by atoms with van der Waals surface area (Å²) in [5.41, 5.74) is 1.03. The summed E-state index contributed by atoms with van der Waals surface area (Å²) in [5, 5.41) is 9.14. The van der Waals surface area contributed by atoms with Crippen LogP contribution in [0.2, 0.25) is 5.02 Å². The molecule has 0 aliphatic carbocycles. The van der Waals surface area contributed by atoms with Gasteiger partial charge in [0.1, 0.15) is 0 Å². The van der Waals surface area contributed by atoms with E-state index >= 15 is 0 Å². The van der Waals surface area contributed by atoms with Crippen molar-refractivity contribution >= 4 is 11.6 Å². The first kappa shape index (κ1) is 8.15. The van der Waals surface area contributed by atoms with Crippen molar-refractivity contribution in [3.05, 3.63) is 47.2 Å². The average Bonchev–Trinajstić information content (AvgIpc) is 2.03. The minimum absolute atomic E-state index is 0.677. The molecule has 0 saturated heterocycles. The van der Waals surface area contributed by atoms with Crippen molar-refractivity contribution in [3.63, 3.8) is 0 Å². The van der Waals surface area contributed by atoms with Gasteiger partial charge in [-0.2, -0.15) is 0 Å². The van der Waals surface area contributed by atoms with Crippen molar-refractivity contribution in [2.24, 2.45) is 0 Å². The average molecular weight is 169 g/mol. The van der Waals surface area contributed by atoms with Crippen LogP contribution < -0.4 is 0 Å². The van der Waals surface area contributed by atoms with Crippen molar-refractivity contribution in [1.29, 1.82) is 0 Å². The molecule has 11 heavy (non-hydrogen) atoms. The predicted molar refractivity (Wildman–Crippen MR) is 46.9 cm³/mol. The second-order valence-electron chi connectivity index (χ2n) is 2.18. The molecule has 1 aromatic carbocycles. The lowest BCUT2D eigenvalue weighted by atomic mass is 10.1. The zero-order valence-electron chi connectivity index (χ0n) is 6.00. The SMILES string of the molecule is O/C=C/Cc1ccccc1Cl. The Hall–Kier alpha value is -0.950. The van der Waals surface area contributed by atoms with Crippen molar-refractivity contribution in [1.82, 2.24) is 0 Å². The summed E-state index contributed by atoms with van der Waals surface area (Å²) >= 11 is 5.84. The molecule has 0 bridgehead atoms. The van der Waals surface area contributed by atoms with E-state index in [0.717, 1.165) is 16.8 Å². The van der Waals surface area contributed by atoms with Gasteiger partial charge in [-0.25, -0.2) is 0 Å². The van der Waals surface area contributed by atoms with E-state index in [1.807, 2.05) is 24.3 Å². The van der Waals surface area contributed by atoms with E-state index in [4.69, 9.17) is 16.7 Å². The molecular formula is C9H9ClO. The van der Waals surface area contributed by atoms with Crippen LogP contribution in [-0.4, -0.2) is 5.11 Å². The highest BCUT2D eigenvalue weighted by molar-refractivity contribution is 6.31. The van der Waals surface area contributed by atoms with E-state index in [0.29, 0.717) is 6.42 Å². The van der Waals surface area contributed by atoms with E-state index in [1.54, 1.807) is 6.08 Å². The first-order valence-electron chi connectivity index (χ1n) is 3.37. The molecule has 0 aliphatic rings. The standard InChI is InChI=1S/C9H9ClO/c10-9-6-2-1-4-8(9)5-3-7-11/h1-4,6-7,11H,5H2/b7-3+. The molecule has 0 unspecified atom stereocenters. The number of aliphatic hydroxyl groups excluding tert-OH is 1. The Bertz CT molecular complexity index is 255. The van der Waals surface area contributed by atoms with E-state index in [2.05, 4.69) is 0 Å². The third kappa shape index (κ3) is 2.28. The fourth-order valence-electron chi connectivity index (χ4n) is 0.844. The third-order valence-electron chi connectivity index (χ3n) is 1.40. The molecule has 1 rings (SSSR count). The first-order valence-corrected chi connectivity index (χ1v) is 3.75. The molecule has 0 atom stereocenters. The quantitative estimate of drug-likeness (QED) is 0.674. The number of aliphatic hydroxyl groups is 1. The Morgan fingerprint density at radius 3 is 2.73 bits per heavy atom. The summed E-state index contributed by atoms with van der Waals surface area (Å²) in [7, 11) is 0. The van der Waals surface area contributed by atoms with Gasteiger partial charge in [-0.05, 0) is 24.1 Å². The number of rotatable bonds is 2. The molecule has 0 radical (unpaired) electrons. The van der Waals surface area contributed by atoms with Crippen LogP contribution in [0.4, 0.5) is 0 Å². The highest BCUT2D eigenvalue weighted by Crippen LogP contribution is 2.15. The Balaban J connectivity index is 2.77. The molecule has 0 amide bonds. The van der Waals surface area contributed by atoms with E-state index in [9.17, 15) is 0 Å². The highest BCUT2D eigenvalue weighted by Gasteiger charge is 1.94. The zero-order valence-corrected chi connectivity index (χ0v) is 6.75. The van der Waals surface area contributed by atoms with Gasteiger partial charge in [-0.1, -0.05) is 29.8 Å². The van der Waals surface area contributed by atoms with Crippen LogP contribution in [0.1, 0.15) is 5.56 Å². The minimum atomic E-state index is 0.677. The summed E-state index contributed by atoms with van der Waals surface area (Å²) in [6.45, 7) is 0. The maximum Gasteiger partial charge on any atom is 0.0755 e. The molecule has 1 nitrogen and oxygen atoms in total. The van der Waals surface area contributed by atoms with Gasteiger partial charge < -0.3 is 5.11 Å². The summed E-state index contributed by atoms with van der Waals surface area (Å²) in [4.78, 5) is 0. The molecule has 58 valence electrons. The Morgan fingerprint density at radius 1 is 1.36 bits per heavy atom. The number of hydrogen-bond donors (Lipinski definition) is 1. The van der Waals surface area contributed by atoms with E-state index < -0.39 is 0 Å². The van der Waals surface area contributed by atoms with Gasteiger partial charge in [-0.15, -0.1) is 0 Å². The van der Waals surface area contributed by atoms with Gasteiger partial charge >= 0.3 is 0 Å². The largest absolute Gasteiger partial charge is 0.516 e. The lowest BCUT2D eigenvalue weighted by Gasteiger charge is -1.97. The molecule has 0 aromatic heterocycles. The van der Waals surface area contributed by atoms with Crippen molar-refractivity contribution < 1.29 is 5.11 Å². The minimum Gasteiger partial charge on any atom is -0.516 e. The van der Waals surface area contributed by atoms with Crippen LogP contribution in [0.25, 0.3) is 0 Å². The lowest BCUT2D eigenvalue weighted by Crippen LogP contribution is -1.80. The van der Waals surface area contributed by atoms with Crippen LogP contribution >= 0.6 is 11.6 Å². The van der Waals surface area contributed by atoms with Crippen LogP contribution in [-0.2, 0) is 6.42 Å². The number of benzene rings is 1. The van der Waals surface area contributed by atoms with Gasteiger partial charge in [0.05, 0.1) is 6.26 Å². The summed E-state index contributed by atoms with van der Waals surface area (Å²) in [5.74, 6) is 0. The highest BCUT2D eigenvalue weighted by atomic mass is 35.5. The second-order valence-corrected chi connectivity index (χ2v) is 2.59. The summed E-state index contributed by atoms with van der Waals surface area (Å²) < 4.78 is 0. The summed E-state index contributed by atoms with van der Waals surface area (Å²) in [6.07, 6.45) is 3.36. The van der Waals surface area contributed by atoms with Crippen LogP contribution in [0, 0.1) is 0 Å². The fourth-order valence-corrected chi connectivity index (χ4v) is 1.06. The number of allylic oxidation sites excluding steroid dienone is 1. The van der Waals surface area contributed by atoms with Gasteiger partial charge in [0.2, 0.25) is 0 Å². The van der Waals surface area contributed by atoms with Crippen LogP contribution in [0.5, 0.6) is 0 Å². The normalized spacial score (nSPS) is 10.6. The maximum absolute atomic E-state index is 8.39. The van der Waals surface area contributed by atoms with Crippen molar-refractivity contribution in [3.8, 4) is 0 Å². The van der Waals surface area contributed by atoms with Gasteiger partial charge in [0, 0.05) is 5.02 Å². The molecule has 0 saturated carbocycles. The van der Waals surface area contributed by atoms with Gasteiger partial charge in [0.25, 0.3) is 0 Å². The molecule has 0 heterocycles. The maximum atomic E-state index is 8.39. The molecule has 2 heteroatoms. The van der Waals surface area contributed by atoms with Crippen molar-refractivity contribution in [2.75, 3.05) is 0 Å². The monoisotopic (exact) mass is 168 g/mol. The molecule has 1 N–H and O–H groups in total. The molecule has 0 spiro atoms. The van der Waals surface area contributed by atoms with E-state index in [-0.39, 0.29) is 0 Å². The van der Waals surface area contributed by atoms with Gasteiger partial charge in [-0.3, -0.25) is 0 Å². The molecule has 1 aromatic rings. The molecule has 0 aliphatic heterocycles. The van der Waals surface area contributed by atoms with Crippen molar-refractivity contribution in [2.45, 2.75) is 6.42 Å². The lowest BCUT2D eigenvalue weighted by molar-refractivity contribution is 0.471. The molecular weight excluding hydrogens is 160 g/mol. The predicted octanol–water partition coefficient (Wildman–Crippen LogP) is 2.95. The van der Waals surface area contributed by atoms with Crippen LogP contribution in [0.3, 0.4) is 0 Å². The number of halogens is 1. The smallest absolute Gasteiger partial charge is 0.0755 e. The number of hydrogen-bond acceptors (Lipinski definition) is 1. The zero-order chi connectivity index (χ0) is 8.10. The topological polar surface area (TPSA) is 20.2 Å². The Labute approximate surface area is 70.9 Å². The van der Waals surface area contributed by atoms with Crippen LogP contribution in [0.15, 0.2) is 36.6 Å². The Morgan fingerprint density at radius 2 is 2.09 bits per heavy atom. The Kier molecular flexibility index (Phi) is 2.99. The first-order chi connectivity index (χ1) is 5.34.